The summed E-state index contributed by atoms with van der Waals surface area (Å²) >= 11 is 1.41. The van der Waals surface area contributed by atoms with Gasteiger partial charge in [0, 0.05) is 11.4 Å². The van der Waals surface area contributed by atoms with Gasteiger partial charge in [-0.05, 0) is 37.6 Å². The Hall–Kier alpha value is -1.40. The van der Waals surface area contributed by atoms with Crippen molar-refractivity contribution in [1.82, 2.24) is 4.90 Å². The van der Waals surface area contributed by atoms with Crippen LogP contribution in [-0.4, -0.2) is 34.0 Å². The third kappa shape index (κ3) is 2.50. The van der Waals surface area contributed by atoms with Crippen molar-refractivity contribution in [3.63, 3.8) is 0 Å². The lowest BCUT2D eigenvalue weighted by Gasteiger charge is -2.42. The highest BCUT2D eigenvalue weighted by molar-refractivity contribution is 7.10. The Labute approximate surface area is 116 Å². The Bertz CT molecular complexity index is 474. The second kappa shape index (κ2) is 5.30. The molecule has 3 N–H and O–H groups in total. The van der Waals surface area contributed by atoms with Crippen molar-refractivity contribution in [2.24, 2.45) is 5.73 Å². The molecule has 19 heavy (non-hydrogen) atoms. The van der Waals surface area contributed by atoms with Crippen LogP contribution in [0, 0.1) is 0 Å². The molecule has 1 fully saturated rings. The maximum Gasteiger partial charge on any atom is 0.329 e. The Balaban J connectivity index is 2.23. The largest absolute Gasteiger partial charge is 0.480 e. The van der Waals surface area contributed by atoms with E-state index in [0.717, 1.165) is 17.7 Å². The molecule has 104 valence electrons. The summed E-state index contributed by atoms with van der Waals surface area (Å²) in [4.78, 5) is 26.1. The van der Waals surface area contributed by atoms with Gasteiger partial charge in [0.2, 0.25) is 5.91 Å². The second-order valence-electron chi connectivity index (χ2n) is 5.02. The highest BCUT2D eigenvalue weighted by Gasteiger charge is 2.45. The number of carboxylic acid groups (broad SMARTS) is 1. The van der Waals surface area contributed by atoms with E-state index in [1.54, 1.807) is 13.0 Å². The standard InChI is InChI=1S/C13H18N2O3S/c1-13(12(17)18)6-2-3-7-15(13)11(16)10(14)9-5-4-8-19-9/h4-5,8,10H,2-3,6-7,14H2,1H3,(H,17,18). The summed E-state index contributed by atoms with van der Waals surface area (Å²) in [6.07, 6.45) is 2.12. The zero-order valence-electron chi connectivity index (χ0n) is 10.8. The van der Waals surface area contributed by atoms with Crippen molar-refractivity contribution >= 4 is 23.2 Å². The molecule has 1 amide bonds. The summed E-state index contributed by atoms with van der Waals surface area (Å²) in [7, 11) is 0. The topological polar surface area (TPSA) is 83.6 Å². The van der Waals surface area contributed by atoms with Gasteiger partial charge in [-0.1, -0.05) is 6.07 Å². The van der Waals surface area contributed by atoms with E-state index < -0.39 is 17.6 Å². The van der Waals surface area contributed by atoms with Gasteiger partial charge in [0.25, 0.3) is 0 Å². The van der Waals surface area contributed by atoms with E-state index in [4.69, 9.17) is 5.73 Å². The molecule has 0 saturated carbocycles. The number of piperidine rings is 1. The molecule has 2 atom stereocenters. The first kappa shape index (κ1) is 14.0. The molecule has 1 aromatic rings. The Morgan fingerprint density at radius 1 is 1.53 bits per heavy atom. The average Bonchev–Trinajstić information content (AvgIpc) is 2.91. The molecule has 6 heteroatoms. The Morgan fingerprint density at radius 2 is 2.26 bits per heavy atom. The van der Waals surface area contributed by atoms with Gasteiger partial charge >= 0.3 is 5.97 Å². The molecule has 0 aliphatic carbocycles. The van der Waals surface area contributed by atoms with Gasteiger partial charge in [-0.2, -0.15) is 0 Å². The van der Waals surface area contributed by atoms with Crippen LogP contribution in [0.2, 0.25) is 0 Å². The summed E-state index contributed by atoms with van der Waals surface area (Å²) in [6.45, 7) is 2.06. The lowest BCUT2D eigenvalue weighted by atomic mass is 9.88. The number of aliphatic carboxylic acids is 1. The van der Waals surface area contributed by atoms with E-state index in [1.807, 2.05) is 11.4 Å². The molecular weight excluding hydrogens is 264 g/mol. The van der Waals surface area contributed by atoms with Gasteiger partial charge in [-0.25, -0.2) is 4.79 Å². The van der Waals surface area contributed by atoms with Crippen LogP contribution in [0.4, 0.5) is 0 Å². The van der Waals surface area contributed by atoms with Gasteiger partial charge in [0.15, 0.2) is 0 Å². The molecule has 2 heterocycles. The minimum absolute atomic E-state index is 0.299. The minimum atomic E-state index is -1.13. The van der Waals surface area contributed by atoms with Crippen LogP contribution >= 0.6 is 11.3 Å². The van der Waals surface area contributed by atoms with Gasteiger partial charge in [0.05, 0.1) is 0 Å². The normalized spacial score (nSPS) is 25.1. The first-order valence-electron chi connectivity index (χ1n) is 6.30. The molecule has 1 aliphatic rings. The number of nitrogens with two attached hydrogens (primary N) is 1. The maximum atomic E-state index is 12.5. The van der Waals surface area contributed by atoms with Gasteiger partial charge < -0.3 is 15.7 Å². The molecular formula is C13H18N2O3S. The summed E-state index contributed by atoms with van der Waals surface area (Å²) in [5, 5.41) is 11.3. The first-order valence-corrected chi connectivity index (χ1v) is 7.18. The van der Waals surface area contributed by atoms with E-state index >= 15 is 0 Å². The lowest BCUT2D eigenvalue weighted by Crippen LogP contribution is -2.59. The highest BCUT2D eigenvalue weighted by atomic mass is 32.1. The van der Waals surface area contributed by atoms with Gasteiger partial charge in [-0.3, -0.25) is 4.79 Å². The molecule has 0 radical (unpaired) electrons. The van der Waals surface area contributed by atoms with Gasteiger partial charge in [0.1, 0.15) is 11.6 Å². The van der Waals surface area contributed by atoms with E-state index in [-0.39, 0.29) is 5.91 Å². The zero-order valence-corrected chi connectivity index (χ0v) is 11.7. The predicted molar refractivity (Wildman–Crippen MR) is 72.9 cm³/mol. The quantitative estimate of drug-likeness (QED) is 0.882. The van der Waals surface area contributed by atoms with Crippen LogP contribution in [0.15, 0.2) is 17.5 Å². The molecule has 1 aliphatic heterocycles. The first-order chi connectivity index (χ1) is 8.97. The Kier molecular flexibility index (Phi) is 3.91. The Morgan fingerprint density at radius 3 is 2.84 bits per heavy atom. The van der Waals surface area contributed by atoms with Crippen LogP contribution in [0.5, 0.6) is 0 Å². The van der Waals surface area contributed by atoms with Crippen molar-refractivity contribution in [2.75, 3.05) is 6.54 Å². The van der Waals surface area contributed by atoms with Crippen LogP contribution < -0.4 is 5.73 Å². The highest BCUT2D eigenvalue weighted by Crippen LogP contribution is 2.31. The van der Waals surface area contributed by atoms with Crippen molar-refractivity contribution in [3.8, 4) is 0 Å². The second-order valence-corrected chi connectivity index (χ2v) is 6.00. The van der Waals surface area contributed by atoms with Crippen molar-refractivity contribution < 1.29 is 14.7 Å². The average molecular weight is 282 g/mol. The van der Waals surface area contributed by atoms with Gasteiger partial charge in [-0.15, -0.1) is 11.3 Å². The third-order valence-electron chi connectivity index (χ3n) is 3.73. The van der Waals surface area contributed by atoms with E-state index in [1.165, 1.54) is 16.2 Å². The molecule has 1 saturated heterocycles. The van der Waals surface area contributed by atoms with Crippen LogP contribution in [0.25, 0.3) is 0 Å². The third-order valence-corrected chi connectivity index (χ3v) is 4.69. The molecule has 2 rings (SSSR count). The molecule has 1 aromatic heterocycles. The van der Waals surface area contributed by atoms with Crippen LogP contribution in [0.3, 0.4) is 0 Å². The SMILES string of the molecule is CC1(C(=O)O)CCCCN1C(=O)C(N)c1cccs1. The number of nitrogens with zero attached hydrogens (tertiary/aromatic N) is 1. The fourth-order valence-electron chi connectivity index (χ4n) is 2.45. The van der Waals surface area contributed by atoms with Crippen molar-refractivity contribution in [1.29, 1.82) is 0 Å². The minimum Gasteiger partial charge on any atom is -0.480 e. The lowest BCUT2D eigenvalue weighted by molar-refractivity contribution is -0.161. The smallest absolute Gasteiger partial charge is 0.329 e. The molecule has 5 nitrogen and oxygen atoms in total. The number of carbonyl (C=O) groups excluding carboxylic acids is 1. The fraction of sp³-hybridized carbons (Fsp3) is 0.538. The van der Waals surface area contributed by atoms with Crippen LogP contribution in [-0.2, 0) is 9.59 Å². The number of thiophene rings is 1. The summed E-state index contributed by atoms with van der Waals surface area (Å²) in [5.41, 5.74) is 4.83. The fourth-order valence-corrected chi connectivity index (χ4v) is 3.17. The summed E-state index contributed by atoms with van der Waals surface area (Å²) < 4.78 is 0. The zero-order chi connectivity index (χ0) is 14.0. The van der Waals surface area contributed by atoms with Crippen molar-refractivity contribution in [3.05, 3.63) is 22.4 Å². The number of amides is 1. The van der Waals surface area contributed by atoms with E-state index in [0.29, 0.717) is 13.0 Å². The monoisotopic (exact) mass is 282 g/mol. The number of rotatable bonds is 3. The van der Waals surface area contributed by atoms with Crippen molar-refractivity contribution in [2.45, 2.75) is 37.8 Å². The number of hydrogen-bond donors (Lipinski definition) is 2. The number of carboxylic acids is 1. The molecule has 0 spiro atoms. The summed E-state index contributed by atoms with van der Waals surface area (Å²) in [6, 6.07) is 2.87. The number of hydrogen-bond acceptors (Lipinski definition) is 4. The predicted octanol–water partition coefficient (Wildman–Crippen LogP) is 1.60. The van der Waals surface area contributed by atoms with E-state index in [2.05, 4.69) is 0 Å². The molecule has 0 bridgehead atoms. The molecule has 0 aromatic carbocycles. The number of carbonyl (C=O) groups is 2. The summed E-state index contributed by atoms with van der Waals surface area (Å²) in [5.74, 6) is -1.26. The van der Waals surface area contributed by atoms with E-state index in [9.17, 15) is 14.7 Å². The van der Waals surface area contributed by atoms with Crippen LogP contribution in [0.1, 0.15) is 37.1 Å². The maximum absolute atomic E-state index is 12.5. The molecule has 2 unspecified atom stereocenters. The number of likely N-dealkylation sites (tertiary alicyclic amines) is 1.